The third kappa shape index (κ3) is 2.72. The lowest BCUT2D eigenvalue weighted by Crippen LogP contribution is -2.32. The fourth-order valence-electron chi connectivity index (χ4n) is 2.82. The van der Waals surface area contributed by atoms with Gasteiger partial charge in [-0.2, -0.15) is 5.10 Å². The molecule has 0 saturated carbocycles. The van der Waals surface area contributed by atoms with E-state index in [1.54, 1.807) is 0 Å². The van der Waals surface area contributed by atoms with Crippen molar-refractivity contribution in [1.29, 1.82) is 0 Å². The van der Waals surface area contributed by atoms with Gasteiger partial charge in [-0.1, -0.05) is 18.2 Å². The summed E-state index contributed by atoms with van der Waals surface area (Å²) < 4.78 is 8.79. The van der Waals surface area contributed by atoms with Crippen molar-refractivity contribution in [2.24, 2.45) is 0 Å². The van der Waals surface area contributed by atoms with E-state index in [-0.39, 0.29) is 6.10 Å². The van der Waals surface area contributed by atoms with E-state index in [9.17, 15) is 5.11 Å². The summed E-state index contributed by atoms with van der Waals surface area (Å²) in [5.74, 6) is 0.890. The Morgan fingerprint density at radius 3 is 2.95 bits per heavy atom. The molecule has 2 atom stereocenters. The van der Waals surface area contributed by atoms with Crippen LogP contribution in [0.1, 0.15) is 23.9 Å². The average molecular weight is 351 g/mol. The lowest BCUT2D eigenvalue weighted by atomic mass is 10.0. The largest absolute Gasteiger partial charge is 0.487 e. The maximum atomic E-state index is 10.5. The van der Waals surface area contributed by atoms with Crippen LogP contribution in [-0.4, -0.2) is 27.1 Å². The fourth-order valence-corrected chi connectivity index (χ4v) is 3.26. The minimum Gasteiger partial charge on any atom is -0.487 e. The summed E-state index contributed by atoms with van der Waals surface area (Å²) in [7, 11) is 0. The molecule has 4 nitrogen and oxygen atoms in total. The first-order chi connectivity index (χ1) is 10.1. The van der Waals surface area contributed by atoms with Gasteiger partial charge in [-0.25, -0.2) is 0 Å². The van der Waals surface area contributed by atoms with E-state index >= 15 is 0 Å². The molecule has 0 saturated heterocycles. The molecule has 2 unspecified atom stereocenters. The average Bonchev–Trinajstić information content (AvgIpc) is 3.03. The summed E-state index contributed by atoms with van der Waals surface area (Å²) in [5.41, 5.74) is 3.15. The zero-order valence-electron chi connectivity index (χ0n) is 12.2. The lowest BCUT2D eigenvalue weighted by Gasteiger charge is -2.18. The summed E-state index contributed by atoms with van der Waals surface area (Å²) in [5, 5.41) is 15.0. The highest BCUT2D eigenvalue weighted by Gasteiger charge is 2.30. The molecule has 0 bridgehead atoms. The van der Waals surface area contributed by atoms with Crippen molar-refractivity contribution in [3.05, 3.63) is 45.7 Å². The van der Waals surface area contributed by atoms with Crippen LogP contribution in [0.3, 0.4) is 0 Å². The second-order valence-corrected chi connectivity index (χ2v) is 6.19. The van der Waals surface area contributed by atoms with Gasteiger partial charge in [0.2, 0.25) is 0 Å². The molecule has 0 spiro atoms. The van der Waals surface area contributed by atoms with Crippen LogP contribution in [0.2, 0.25) is 0 Å². The van der Waals surface area contributed by atoms with Gasteiger partial charge in [0.1, 0.15) is 11.9 Å². The number of aliphatic hydroxyl groups excluding tert-OH is 1. The Morgan fingerprint density at radius 1 is 1.48 bits per heavy atom. The Bertz CT molecular complexity index is 629. The number of fused-ring (bicyclic) bond motifs is 1. The minimum atomic E-state index is -0.546. The van der Waals surface area contributed by atoms with Gasteiger partial charge in [0, 0.05) is 19.4 Å². The van der Waals surface area contributed by atoms with Crippen LogP contribution >= 0.6 is 15.9 Å². The predicted octanol–water partition coefficient (Wildman–Crippen LogP) is 2.88. The van der Waals surface area contributed by atoms with Crippen LogP contribution in [0, 0.1) is 6.92 Å². The quantitative estimate of drug-likeness (QED) is 0.922. The molecule has 2 aromatic rings. The zero-order valence-corrected chi connectivity index (χ0v) is 13.8. The highest BCUT2D eigenvalue weighted by molar-refractivity contribution is 9.10. The molecule has 1 aliphatic rings. The van der Waals surface area contributed by atoms with Gasteiger partial charge in [-0.05, 0) is 41.4 Å². The van der Waals surface area contributed by atoms with Gasteiger partial charge in [0.05, 0.1) is 22.0 Å². The van der Waals surface area contributed by atoms with Crippen molar-refractivity contribution in [1.82, 2.24) is 9.78 Å². The van der Waals surface area contributed by atoms with Gasteiger partial charge >= 0.3 is 0 Å². The summed E-state index contributed by atoms with van der Waals surface area (Å²) in [6, 6.07) is 7.97. The van der Waals surface area contributed by atoms with Crippen molar-refractivity contribution in [3.8, 4) is 5.75 Å². The summed E-state index contributed by atoms with van der Waals surface area (Å²) in [6.45, 7) is 4.81. The molecular formula is C16H19BrN2O2. The van der Waals surface area contributed by atoms with E-state index in [2.05, 4.69) is 34.0 Å². The summed E-state index contributed by atoms with van der Waals surface area (Å²) in [4.78, 5) is 0. The highest BCUT2D eigenvalue weighted by atomic mass is 79.9. The third-order valence-corrected chi connectivity index (χ3v) is 4.99. The van der Waals surface area contributed by atoms with Crippen LogP contribution in [0.15, 0.2) is 28.7 Å². The van der Waals surface area contributed by atoms with E-state index in [0.29, 0.717) is 6.42 Å². The second kappa shape index (κ2) is 5.81. The number of ether oxygens (including phenoxy) is 1. The lowest BCUT2D eigenvalue weighted by molar-refractivity contribution is 0.0488. The molecule has 1 aromatic carbocycles. The molecule has 1 N–H and O–H groups in total. The number of halogens is 1. The number of hydrogen-bond donors (Lipinski definition) is 1. The first-order valence-corrected chi connectivity index (χ1v) is 8.03. The molecule has 1 aliphatic heterocycles. The first kappa shape index (κ1) is 14.6. The van der Waals surface area contributed by atoms with Crippen LogP contribution in [0.4, 0.5) is 0 Å². The van der Waals surface area contributed by atoms with E-state index in [1.165, 1.54) is 5.56 Å². The van der Waals surface area contributed by atoms with E-state index in [1.807, 2.05) is 29.8 Å². The van der Waals surface area contributed by atoms with Crippen molar-refractivity contribution < 1.29 is 9.84 Å². The van der Waals surface area contributed by atoms with Crippen molar-refractivity contribution in [3.63, 3.8) is 0 Å². The van der Waals surface area contributed by atoms with Crippen LogP contribution < -0.4 is 4.74 Å². The topological polar surface area (TPSA) is 47.3 Å². The number of aliphatic hydroxyl groups is 1. The Balaban J connectivity index is 1.75. The molecule has 0 aliphatic carbocycles. The standard InChI is InChI=1S/C16H19BrN2O2/c1-3-19-12(16(17)10(2)18-19)9-13(20)15-8-11-6-4-5-7-14(11)21-15/h4-7,13,15,20H,3,8-9H2,1-2H3. The number of benzene rings is 1. The van der Waals surface area contributed by atoms with Gasteiger partial charge in [0.25, 0.3) is 0 Å². The minimum absolute atomic E-state index is 0.185. The molecule has 0 amide bonds. The van der Waals surface area contributed by atoms with Gasteiger partial charge < -0.3 is 9.84 Å². The van der Waals surface area contributed by atoms with Crippen LogP contribution in [0.5, 0.6) is 5.75 Å². The number of aryl methyl sites for hydroxylation is 2. The molecule has 3 rings (SSSR count). The molecule has 2 heterocycles. The molecule has 1 aromatic heterocycles. The second-order valence-electron chi connectivity index (χ2n) is 5.40. The Kier molecular flexibility index (Phi) is 4.04. The Morgan fingerprint density at radius 2 is 2.24 bits per heavy atom. The molecule has 5 heteroatoms. The van der Waals surface area contributed by atoms with E-state index < -0.39 is 6.10 Å². The van der Waals surface area contributed by atoms with E-state index in [4.69, 9.17) is 4.74 Å². The zero-order chi connectivity index (χ0) is 15.0. The molecule has 21 heavy (non-hydrogen) atoms. The van der Waals surface area contributed by atoms with Crippen molar-refractivity contribution >= 4 is 15.9 Å². The molecule has 0 radical (unpaired) electrons. The van der Waals surface area contributed by atoms with Crippen molar-refractivity contribution in [2.75, 3.05) is 0 Å². The molecular weight excluding hydrogens is 332 g/mol. The van der Waals surface area contributed by atoms with Crippen LogP contribution in [0.25, 0.3) is 0 Å². The normalized spacial score (nSPS) is 18.4. The maximum Gasteiger partial charge on any atom is 0.129 e. The number of hydrogen-bond acceptors (Lipinski definition) is 3. The smallest absolute Gasteiger partial charge is 0.129 e. The van der Waals surface area contributed by atoms with Gasteiger partial charge in [0.15, 0.2) is 0 Å². The van der Waals surface area contributed by atoms with Gasteiger partial charge in [-0.3, -0.25) is 4.68 Å². The maximum absolute atomic E-state index is 10.5. The van der Waals surface area contributed by atoms with Gasteiger partial charge in [-0.15, -0.1) is 0 Å². The van der Waals surface area contributed by atoms with Crippen LogP contribution in [-0.2, 0) is 19.4 Å². The number of para-hydroxylation sites is 1. The summed E-state index contributed by atoms with van der Waals surface area (Å²) in [6.07, 6.45) is 0.562. The third-order valence-electron chi connectivity index (χ3n) is 3.96. The molecule has 112 valence electrons. The number of nitrogens with zero attached hydrogens (tertiary/aromatic N) is 2. The molecule has 0 fully saturated rings. The van der Waals surface area contributed by atoms with E-state index in [0.717, 1.165) is 34.6 Å². The number of aromatic nitrogens is 2. The monoisotopic (exact) mass is 350 g/mol. The predicted molar refractivity (Wildman–Crippen MR) is 84.6 cm³/mol. The Hall–Kier alpha value is -1.33. The highest BCUT2D eigenvalue weighted by Crippen LogP contribution is 2.31. The Labute approximate surface area is 132 Å². The first-order valence-electron chi connectivity index (χ1n) is 7.24. The number of rotatable bonds is 4. The SMILES string of the molecule is CCn1nc(C)c(Br)c1CC(O)C1Cc2ccccc2O1. The van der Waals surface area contributed by atoms with Crippen molar-refractivity contribution in [2.45, 2.75) is 45.4 Å². The fraction of sp³-hybridized carbons (Fsp3) is 0.438. The summed E-state index contributed by atoms with van der Waals surface area (Å²) >= 11 is 3.57.